The maximum atomic E-state index is 9.88. The Morgan fingerprint density at radius 2 is 1.95 bits per heavy atom. The van der Waals surface area contributed by atoms with Crippen LogP contribution < -0.4 is 5.32 Å². The van der Waals surface area contributed by atoms with E-state index in [4.69, 9.17) is 4.74 Å². The minimum absolute atomic E-state index is 0.193. The largest absolute Gasteiger partial charge is 0.389 e. The third-order valence-electron chi connectivity index (χ3n) is 2.78. The molecule has 1 aromatic rings. The molecule has 0 bridgehead atoms. The van der Waals surface area contributed by atoms with Crippen molar-refractivity contribution in [2.24, 2.45) is 5.92 Å². The highest BCUT2D eigenvalue weighted by atomic mass is 79.9. The first-order valence-electron chi connectivity index (χ1n) is 6.77. The predicted molar refractivity (Wildman–Crippen MR) is 83.5 cm³/mol. The number of anilines is 1. The van der Waals surface area contributed by atoms with E-state index >= 15 is 0 Å². The fourth-order valence-electron chi connectivity index (χ4n) is 1.90. The summed E-state index contributed by atoms with van der Waals surface area (Å²) in [5.74, 6) is 0.616. The highest BCUT2D eigenvalue weighted by molar-refractivity contribution is 9.10. The Labute approximate surface area is 124 Å². The fraction of sp³-hybridized carbons (Fsp3) is 0.600. The average Bonchev–Trinajstić information content (AvgIpc) is 2.34. The quantitative estimate of drug-likeness (QED) is 0.764. The van der Waals surface area contributed by atoms with Gasteiger partial charge < -0.3 is 15.2 Å². The zero-order valence-corrected chi connectivity index (χ0v) is 13.5. The Hall–Kier alpha value is -0.580. The summed E-state index contributed by atoms with van der Waals surface area (Å²) in [6.45, 7) is 7.24. The van der Waals surface area contributed by atoms with Gasteiger partial charge in [0.05, 0.1) is 18.8 Å². The molecule has 1 rings (SSSR count). The topological polar surface area (TPSA) is 41.5 Å². The van der Waals surface area contributed by atoms with Crippen LogP contribution in [0.5, 0.6) is 0 Å². The summed E-state index contributed by atoms with van der Waals surface area (Å²) in [7, 11) is 0. The molecule has 4 heteroatoms. The van der Waals surface area contributed by atoms with Gasteiger partial charge in [0, 0.05) is 16.7 Å². The van der Waals surface area contributed by atoms with E-state index in [0.29, 0.717) is 19.1 Å². The van der Waals surface area contributed by atoms with E-state index in [1.54, 1.807) is 0 Å². The molecule has 0 saturated heterocycles. The van der Waals surface area contributed by atoms with E-state index in [2.05, 4.69) is 35.1 Å². The fourth-order valence-corrected chi connectivity index (χ4v) is 2.32. The second-order valence-corrected chi connectivity index (χ2v) is 6.14. The van der Waals surface area contributed by atoms with Gasteiger partial charge in [-0.15, -0.1) is 0 Å². The van der Waals surface area contributed by atoms with Gasteiger partial charge >= 0.3 is 0 Å². The molecule has 0 aliphatic heterocycles. The van der Waals surface area contributed by atoms with Crippen molar-refractivity contribution >= 4 is 21.6 Å². The third kappa shape index (κ3) is 6.95. The Balaban J connectivity index is 2.25. The SMILES string of the molecule is CC(C)CC(C)OCC(O)CNc1ccccc1Br. The van der Waals surface area contributed by atoms with Gasteiger partial charge in [-0.05, 0) is 47.3 Å². The smallest absolute Gasteiger partial charge is 0.0945 e. The van der Waals surface area contributed by atoms with E-state index in [1.165, 1.54) is 0 Å². The zero-order valence-electron chi connectivity index (χ0n) is 11.9. The van der Waals surface area contributed by atoms with Crippen molar-refractivity contribution in [2.45, 2.75) is 39.4 Å². The molecule has 0 aliphatic rings. The van der Waals surface area contributed by atoms with E-state index < -0.39 is 6.10 Å². The first-order chi connectivity index (χ1) is 8.99. The third-order valence-corrected chi connectivity index (χ3v) is 3.47. The summed E-state index contributed by atoms with van der Waals surface area (Å²) < 4.78 is 6.63. The summed E-state index contributed by atoms with van der Waals surface area (Å²) in [5.41, 5.74) is 0.983. The van der Waals surface area contributed by atoms with Crippen LogP contribution in [0.25, 0.3) is 0 Å². The van der Waals surface area contributed by atoms with E-state index in [0.717, 1.165) is 16.6 Å². The highest BCUT2D eigenvalue weighted by Crippen LogP contribution is 2.20. The molecule has 2 atom stereocenters. The van der Waals surface area contributed by atoms with Gasteiger partial charge in [0.15, 0.2) is 0 Å². The minimum Gasteiger partial charge on any atom is -0.389 e. The first-order valence-corrected chi connectivity index (χ1v) is 7.56. The summed E-state index contributed by atoms with van der Waals surface area (Å²) >= 11 is 3.46. The molecule has 0 amide bonds. The molecule has 2 N–H and O–H groups in total. The first kappa shape index (κ1) is 16.5. The van der Waals surface area contributed by atoms with Crippen molar-refractivity contribution in [2.75, 3.05) is 18.5 Å². The average molecular weight is 330 g/mol. The number of nitrogens with one attached hydrogen (secondary N) is 1. The van der Waals surface area contributed by atoms with Crippen molar-refractivity contribution in [3.05, 3.63) is 28.7 Å². The van der Waals surface area contributed by atoms with Crippen LogP contribution >= 0.6 is 15.9 Å². The number of ether oxygens (including phenoxy) is 1. The lowest BCUT2D eigenvalue weighted by atomic mass is 10.1. The second-order valence-electron chi connectivity index (χ2n) is 5.29. The van der Waals surface area contributed by atoms with E-state index in [-0.39, 0.29) is 6.10 Å². The normalized spacial score (nSPS) is 14.4. The van der Waals surface area contributed by atoms with Gasteiger partial charge in [0.25, 0.3) is 0 Å². The van der Waals surface area contributed by atoms with Crippen LogP contribution in [0.15, 0.2) is 28.7 Å². The lowest BCUT2D eigenvalue weighted by molar-refractivity contribution is -0.00444. The monoisotopic (exact) mass is 329 g/mol. The van der Waals surface area contributed by atoms with Gasteiger partial charge in [0.1, 0.15) is 0 Å². The molecule has 0 heterocycles. The number of hydrogen-bond donors (Lipinski definition) is 2. The summed E-state index contributed by atoms with van der Waals surface area (Å²) in [5, 5.41) is 13.1. The molecule has 0 aliphatic carbocycles. The van der Waals surface area contributed by atoms with Crippen molar-refractivity contribution in [1.82, 2.24) is 0 Å². The number of para-hydroxylation sites is 1. The molecule has 0 aromatic heterocycles. The molecule has 19 heavy (non-hydrogen) atoms. The Morgan fingerprint density at radius 3 is 2.58 bits per heavy atom. The van der Waals surface area contributed by atoms with Crippen molar-refractivity contribution < 1.29 is 9.84 Å². The van der Waals surface area contributed by atoms with Gasteiger partial charge in [-0.25, -0.2) is 0 Å². The lowest BCUT2D eigenvalue weighted by Crippen LogP contribution is -2.27. The van der Waals surface area contributed by atoms with Crippen LogP contribution in [0.4, 0.5) is 5.69 Å². The molecule has 3 nitrogen and oxygen atoms in total. The van der Waals surface area contributed by atoms with Crippen LogP contribution in [0, 0.1) is 5.92 Å². The molecule has 0 saturated carbocycles. The Kier molecular flexibility index (Phi) is 7.42. The van der Waals surface area contributed by atoms with Gasteiger partial charge in [-0.2, -0.15) is 0 Å². The van der Waals surface area contributed by atoms with Crippen molar-refractivity contribution in [3.63, 3.8) is 0 Å². The number of aliphatic hydroxyl groups excluding tert-OH is 1. The molecule has 2 unspecified atom stereocenters. The van der Waals surface area contributed by atoms with Crippen LogP contribution in [0.2, 0.25) is 0 Å². The summed E-state index contributed by atoms with van der Waals surface area (Å²) in [6.07, 6.45) is 0.713. The number of rotatable bonds is 8. The molecule has 108 valence electrons. The Morgan fingerprint density at radius 1 is 1.26 bits per heavy atom. The van der Waals surface area contributed by atoms with Gasteiger partial charge in [-0.3, -0.25) is 0 Å². The van der Waals surface area contributed by atoms with Crippen LogP contribution in [0.3, 0.4) is 0 Å². The van der Waals surface area contributed by atoms with Crippen LogP contribution in [0.1, 0.15) is 27.2 Å². The van der Waals surface area contributed by atoms with Gasteiger partial charge in [0.2, 0.25) is 0 Å². The molecule has 0 fully saturated rings. The number of aliphatic hydroxyl groups is 1. The molecule has 0 radical (unpaired) electrons. The van der Waals surface area contributed by atoms with E-state index in [9.17, 15) is 5.11 Å². The maximum Gasteiger partial charge on any atom is 0.0945 e. The van der Waals surface area contributed by atoms with Crippen molar-refractivity contribution in [1.29, 1.82) is 0 Å². The molecular formula is C15H24BrNO2. The van der Waals surface area contributed by atoms with Crippen molar-refractivity contribution in [3.8, 4) is 0 Å². The van der Waals surface area contributed by atoms with Crippen LogP contribution in [-0.2, 0) is 4.74 Å². The predicted octanol–water partition coefficient (Wildman–Crippen LogP) is 3.67. The summed E-state index contributed by atoms with van der Waals surface area (Å²) in [6, 6.07) is 7.86. The summed E-state index contributed by atoms with van der Waals surface area (Å²) in [4.78, 5) is 0. The standard InChI is InChI=1S/C15H24BrNO2/c1-11(2)8-12(3)19-10-13(18)9-17-15-7-5-4-6-14(15)16/h4-7,11-13,17-18H,8-10H2,1-3H3. The minimum atomic E-state index is -0.498. The molecular weight excluding hydrogens is 306 g/mol. The van der Waals surface area contributed by atoms with Gasteiger partial charge in [-0.1, -0.05) is 26.0 Å². The van der Waals surface area contributed by atoms with E-state index in [1.807, 2.05) is 31.2 Å². The van der Waals surface area contributed by atoms with Crippen LogP contribution in [-0.4, -0.2) is 30.5 Å². The molecule has 0 spiro atoms. The number of halogens is 1. The zero-order chi connectivity index (χ0) is 14.3. The molecule has 1 aromatic carbocycles. The number of hydrogen-bond acceptors (Lipinski definition) is 3. The Bertz CT molecular complexity index is 371. The maximum absolute atomic E-state index is 9.88. The second kappa shape index (κ2) is 8.56. The highest BCUT2D eigenvalue weighted by Gasteiger charge is 2.10. The number of benzene rings is 1. The lowest BCUT2D eigenvalue weighted by Gasteiger charge is -2.18.